The summed E-state index contributed by atoms with van der Waals surface area (Å²) in [4.78, 5) is 37.5. The third-order valence-corrected chi connectivity index (χ3v) is 5.97. The minimum atomic E-state index is -1.03. The molecule has 2 aliphatic heterocycles. The number of carbonyl (C=O) groups is 3. The van der Waals surface area contributed by atoms with Crippen molar-refractivity contribution in [2.75, 3.05) is 0 Å². The average molecular weight is 364 g/mol. The van der Waals surface area contributed by atoms with Gasteiger partial charge in [-0.2, -0.15) is 0 Å². The number of hydrogen-bond donors (Lipinski definition) is 2. The molecule has 0 spiro atoms. The number of ether oxygens (including phenoxy) is 1. The van der Waals surface area contributed by atoms with Crippen LogP contribution in [-0.2, 0) is 14.4 Å². The number of nitrogens with zero attached hydrogens (tertiary/aromatic N) is 1. The summed E-state index contributed by atoms with van der Waals surface area (Å²) >= 11 is 1.39. The maximum absolute atomic E-state index is 12.4. The average Bonchev–Trinajstić information content (AvgIpc) is 2.81. The Morgan fingerprint density at radius 2 is 1.96 bits per heavy atom. The molecule has 0 saturated carbocycles. The van der Waals surface area contributed by atoms with Crippen molar-refractivity contribution in [2.45, 2.75) is 49.1 Å². The standard InChI is InChI=1S/C17H20N2O5S/c1-9(24-10-7-5-4-6-8-10)13(20)18-11-14(21)19-12(16(22)23)17(2,3)25-15(11)19/h4-9,11-12,15H,1-3H3,(H,18,20)(H,22,23)/t9-,11-,12-,15-/m0/s1. The Morgan fingerprint density at radius 3 is 2.56 bits per heavy atom. The Bertz CT molecular complexity index is 708. The quantitative estimate of drug-likeness (QED) is 0.759. The first kappa shape index (κ1) is 17.6. The molecule has 2 heterocycles. The van der Waals surface area contributed by atoms with E-state index in [9.17, 15) is 19.5 Å². The van der Waals surface area contributed by atoms with Crippen LogP contribution in [0.3, 0.4) is 0 Å². The van der Waals surface area contributed by atoms with E-state index < -0.39 is 34.8 Å². The predicted molar refractivity (Wildman–Crippen MR) is 92.2 cm³/mol. The van der Waals surface area contributed by atoms with Crippen LogP contribution in [0.1, 0.15) is 20.8 Å². The first-order valence-electron chi connectivity index (χ1n) is 7.97. The van der Waals surface area contributed by atoms with E-state index in [1.54, 1.807) is 45.0 Å². The van der Waals surface area contributed by atoms with Gasteiger partial charge >= 0.3 is 5.97 Å². The molecule has 7 nitrogen and oxygen atoms in total. The Labute approximate surface area is 149 Å². The number of carboxylic acid groups (broad SMARTS) is 1. The Balaban J connectivity index is 1.64. The molecule has 0 bridgehead atoms. The van der Waals surface area contributed by atoms with Crippen molar-refractivity contribution in [3.05, 3.63) is 30.3 Å². The van der Waals surface area contributed by atoms with Crippen LogP contribution < -0.4 is 10.1 Å². The minimum Gasteiger partial charge on any atom is -0.481 e. The normalized spacial score (nSPS) is 27.9. The van der Waals surface area contributed by atoms with Crippen LogP contribution in [0.5, 0.6) is 5.75 Å². The highest BCUT2D eigenvalue weighted by Crippen LogP contribution is 2.50. The largest absolute Gasteiger partial charge is 0.481 e. The molecule has 2 saturated heterocycles. The lowest BCUT2D eigenvalue weighted by Crippen LogP contribution is -2.71. The molecule has 0 radical (unpaired) electrons. The summed E-state index contributed by atoms with van der Waals surface area (Å²) in [6, 6.07) is 7.33. The van der Waals surface area contributed by atoms with Crippen molar-refractivity contribution in [1.29, 1.82) is 0 Å². The molecule has 2 N–H and O–H groups in total. The van der Waals surface area contributed by atoms with Crippen LogP contribution in [0, 0.1) is 0 Å². The van der Waals surface area contributed by atoms with Crippen molar-refractivity contribution in [2.24, 2.45) is 0 Å². The maximum atomic E-state index is 12.4. The fraction of sp³-hybridized carbons (Fsp3) is 0.471. The Morgan fingerprint density at radius 1 is 1.32 bits per heavy atom. The van der Waals surface area contributed by atoms with Crippen molar-refractivity contribution in [1.82, 2.24) is 10.2 Å². The van der Waals surface area contributed by atoms with Gasteiger partial charge in [-0.3, -0.25) is 9.59 Å². The molecule has 2 amide bonds. The summed E-state index contributed by atoms with van der Waals surface area (Å²) in [5.41, 5.74) is 0. The smallest absolute Gasteiger partial charge is 0.327 e. The monoisotopic (exact) mass is 364 g/mol. The molecule has 134 valence electrons. The molecule has 3 rings (SSSR count). The Kier molecular flexibility index (Phi) is 4.40. The third-order valence-electron chi connectivity index (χ3n) is 4.40. The van der Waals surface area contributed by atoms with Gasteiger partial charge in [-0.15, -0.1) is 11.8 Å². The van der Waals surface area contributed by atoms with Gasteiger partial charge in [0, 0.05) is 4.75 Å². The van der Waals surface area contributed by atoms with Crippen LogP contribution in [0.2, 0.25) is 0 Å². The van der Waals surface area contributed by atoms with Gasteiger partial charge in [0.05, 0.1) is 0 Å². The molecule has 1 aromatic carbocycles. The van der Waals surface area contributed by atoms with Crippen LogP contribution in [-0.4, -0.2) is 56.1 Å². The minimum absolute atomic E-state index is 0.364. The van der Waals surface area contributed by atoms with Crippen LogP contribution in [0.25, 0.3) is 0 Å². The van der Waals surface area contributed by atoms with Gasteiger partial charge in [-0.25, -0.2) is 4.79 Å². The van der Waals surface area contributed by atoms with E-state index in [0.717, 1.165) is 0 Å². The first-order chi connectivity index (χ1) is 11.7. The summed E-state index contributed by atoms with van der Waals surface area (Å²) in [6.45, 7) is 5.19. The number of carboxylic acids is 1. The van der Waals surface area contributed by atoms with Crippen molar-refractivity contribution in [3.8, 4) is 5.75 Å². The number of carbonyl (C=O) groups excluding carboxylic acids is 2. The van der Waals surface area contributed by atoms with E-state index in [-0.39, 0.29) is 11.3 Å². The topological polar surface area (TPSA) is 95.9 Å². The van der Waals surface area contributed by atoms with Gasteiger partial charge < -0.3 is 20.1 Å². The van der Waals surface area contributed by atoms with Crippen molar-refractivity contribution in [3.63, 3.8) is 0 Å². The van der Waals surface area contributed by atoms with E-state index in [1.165, 1.54) is 16.7 Å². The van der Waals surface area contributed by atoms with E-state index in [1.807, 2.05) is 6.07 Å². The van der Waals surface area contributed by atoms with Crippen molar-refractivity contribution >= 4 is 29.5 Å². The van der Waals surface area contributed by atoms with Crippen LogP contribution >= 0.6 is 11.8 Å². The number of hydrogen-bond acceptors (Lipinski definition) is 5. The highest BCUT2D eigenvalue weighted by atomic mass is 32.2. The summed E-state index contributed by atoms with van der Waals surface area (Å²) < 4.78 is 4.94. The van der Waals surface area contributed by atoms with E-state index in [0.29, 0.717) is 5.75 Å². The molecule has 2 fully saturated rings. The first-order valence-corrected chi connectivity index (χ1v) is 8.85. The molecular weight excluding hydrogens is 344 g/mol. The van der Waals surface area contributed by atoms with Crippen LogP contribution in [0.15, 0.2) is 30.3 Å². The maximum Gasteiger partial charge on any atom is 0.327 e. The van der Waals surface area contributed by atoms with Gasteiger partial charge in [0.1, 0.15) is 23.2 Å². The molecule has 0 aromatic heterocycles. The fourth-order valence-electron chi connectivity index (χ4n) is 3.17. The SMILES string of the molecule is C[C@H](Oc1ccccc1)C(=O)N[C@H]1C(=O)N2[C@@H](C(=O)O)C(C)(C)S[C@@H]12. The zero-order valence-corrected chi connectivity index (χ0v) is 14.9. The molecule has 0 unspecified atom stereocenters. The number of nitrogens with one attached hydrogen (secondary N) is 1. The number of benzene rings is 1. The molecule has 0 aliphatic carbocycles. The summed E-state index contributed by atoms with van der Waals surface area (Å²) in [6.07, 6.45) is -0.765. The lowest BCUT2D eigenvalue weighted by molar-refractivity contribution is -0.161. The molecule has 25 heavy (non-hydrogen) atoms. The molecule has 2 aliphatic rings. The van der Waals surface area contributed by atoms with Crippen molar-refractivity contribution < 1.29 is 24.2 Å². The highest BCUT2D eigenvalue weighted by molar-refractivity contribution is 8.01. The fourth-order valence-corrected chi connectivity index (χ4v) is 4.80. The van der Waals surface area contributed by atoms with E-state index in [2.05, 4.69) is 5.32 Å². The van der Waals surface area contributed by atoms with E-state index >= 15 is 0 Å². The number of rotatable bonds is 5. The molecule has 8 heteroatoms. The number of fused-ring (bicyclic) bond motifs is 1. The lowest BCUT2D eigenvalue weighted by atomic mass is 9.96. The molecule has 4 atom stereocenters. The number of thioether (sulfide) groups is 1. The Hall–Kier alpha value is -2.22. The zero-order valence-electron chi connectivity index (χ0n) is 14.1. The third kappa shape index (κ3) is 3.06. The van der Waals surface area contributed by atoms with Gasteiger partial charge in [0.2, 0.25) is 5.91 Å². The summed E-state index contributed by atoms with van der Waals surface area (Å²) in [7, 11) is 0. The number of para-hydroxylation sites is 1. The van der Waals surface area contributed by atoms with Crippen LogP contribution in [0.4, 0.5) is 0 Å². The highest BCUT2D eigenvalue weighted by Gasteiger charge is 2.64. The lowest BCUT2D eigenvalue weighted by Gasteiger charge is -2.43. The zero-order chi connectivity index (χ0) is 18.4. The van der Waals surface area contributed by atoms with E-state index in [4.69, 9.17) is 4.74 Å². The number of amides is 2. The summed E-state index contributed by atoms with van der Waals surface area (Å²) in [5, 5.41) is 11.7. The van der Waals surface area contributed by atoms with Gasteiger partial charge in [0.25, 0.3) is 5.91 Å². The summed E-state index contributed by atoms with van der Waals surface area (Å²) in [5.74, 6) is -1.23. The second kappa shape index (κ2) is 6.25. The van der Waals surface area contributed by atoms with Gasteiger partial charge in [-0.05, 0) is 32.9 Å². The molecule has 1 aromatic rings. The second-order valence-electron chi connectivity index (χ2n) is 6.66. The predicted octanol–water partition coefficient (Wildman–Crippen LogP) is 1.09. The van der Waals surface area contributed by atoms with Gasteiger partial charge in [-0.1, -0.05) is 18.2 Å². The number of aliphatic carboxylic acids is 1. The number of β-lactam (4-membered cyclic amide) rings is 1. The van der Waals surface area contributed by atoms with Gasteiger partial charge in [0.15, 0.2) is 6.10 Å². The second-order valence-corrected chi connectivity index (χ2v) is 8.43. The molecular formula is C17H20N2O5S.